The molecule has 2 amide bonds. The lowest BCUT2D eigenvalue weighted by molar-refractivity contribution is -0.123. The van der Waals surface area contributed by atoms with Crippen molar-refractivity contribution in [2.24, 2.45) is 0 Å². The van der Waals surface area contributed by atoms with Gasteiger partial charge in [-0.1, -0.05) is 36.4 Å². The smallest absolute Gasteiger partial charge is 0.293 e. The lowest BCUT2D eigenvalue weighted by Crippen LogP contribution is -2.32. The first-order chi connectivity index (χ1) is 16.0. The molecule has 2 aromatic carbocycles. The Morgan fingerprint density at radius 1 is 1.09 bits per heavy atom. The van der Waals surface area contributed by atoms with Crippen molar-refractivity contribution in [1.82, 2.24) is 4.90 Å². The number of methoxy groups -OCH3 is 1. The number of nitrogens with zero attached hydrogens (tertiary/aromatic N) is 1. The van der Waals surface area contributed by atoms with E-state index in [4.69, 9.17) is 30.5 Å². The molecule has 0 unspecified atom stereocenters. The molecule has 0 aromatic heterocycles. The zero-order valence-corrected chi connectivity index (χ0v) is 19.9. The number of rotatable bonds is 11. The molecule has 174 valence electrons. The summed E-state index contributed by atoms with van der Waals surface area (Å²) in [6.07, 6.45) is 3.21. The van der Waals surface area contributed by atoms with Crippen LogP contribution in [0.1, 0.15) is 12.5 Å². The molecule has 0 radical (unpaired) electrons. The third-order valence-electron chi connectivity index (χ3n) is 4.49. The van der Waals surface area contributed by atoms with Crippen LogP contribution in [0.4, 0.5) is 4.79 Å². The second-order valence-corrected chi connectivity index (χ2v) is 8.10. The average Bonchev–Trinajstić information content (AvgIpc) is 3.06. The first-order valence-corrected chi connectivity index (χ1v) is 11.4. The van der Waals surface area contributed by atoms with Gasteiger partial charge in [0.2, 0.25) is 0 Å². The van der Waals surface area contributed by atoms with Crippen LogP contribution in [0.2, 0.25) is 5.02 Å². The Kier molecular flexibility index (Phi) is 8.68. The quantitative estimate of drug-likeness (QED) is 0.308. The Morgan fingerprint density at radius 2 is 1.85 bits per heavy atom. The number of para-hydroxylation sites is 2. The first kappa shape index (κ1) is 24.5. The number of hydrogen-bond donors (Lipinski definition) is 0. The molecule has 0 atom stereocenters. The molecule has 0 spiro atoms. The second-order valence-electron chi connectivity index (χ2n) is 6.70. The van der Waals surface area contributed by atoms with Crippen LogP contribution in [0.25, 0.3) is 6.08 Å². The SMILES string of the molecule is C=CCOc1c(Cl)cc(/C=C2\SC(=O)N(CCOc3ccccc3OC)C2=O)cc1OCC. The van der Waals surface area contributed by atoms with E-state index >= 15 is 0 Å². The largest absolute Gasteiger partial charge is 0.493 e. The number of ether oxygens (including phenoxy) is 4. The van der Waals surface area contributed by atoms with E-state index in [0.29, 0.717) is 40.2 Å². The van der Waals surface area contributed by atoms with Crippen LogP contribution < -0.4 is 18.9 Å². The van der Waals surface area contributed by atoms with Crippen LogP contribution in [-0.4, -0.2) is 49.5 Å². The van der Waals surface area contributed by atoms with Gasteiger partial charge in [-0.05, 0) is 54.6 Å². The zero-order valence-electron chi connectivity index (χ0n) is 18.3. The first-order valence-electron chi connectivity index (χ1n) is 10.2. The number of halogens is 1. The molecule has 1 saturated heterocycles. The normalized spacial score (nSPS) is 14.5. The molecular weight excluding hydrogens is 466 g/mol. The van der Waals surface area contributed by atoms with Gasteiger partial charge in [0.25, 0.3) is 11.1 Å². The second kappa shape index (κ2) is 11.7. The number of carbonyl (C=O) groups excluding carboxylic acids is 2. The molecule has 0 aliphatic carbocycles. The van der Waals surface area contributed by atoms with E-state index in [1.807, 2.05) is 19.1 Å². The fraction of sp³-hybridized carbons (Fsp3) is 0.250. The molecule has 0 saturated carbocycles. The monoisotopic (exact) mass is 489 g/mol. The Balaban J connectivity index is 1.72. The van der Waals surface area contributed by atoms with Crippen LogP contribution in [0, 0.1) is 0 Å². The van der Waals surface area contributed by atoms with E-state index in [1.54, 1.807) is 43.5 Å². The van der Waals surface area contributed by atoms with Crippen molar-refractivity contribution in [3.8, 4) is 23.0 Å². The highest BCUT2D eigenvalue weighted by molar-refractivity contribution is 8.18. The van der Waals surface area contributed by atoms with E-state index in [0.717, 1.165) is 16.7 Å². The van der Waals surface area contributed by atoms with Crippen molar-refractivity contribution in [2.45, 2.75) is 6.92 Å². The van der Waals surface area contributed by atoms with Gasteiger partial charge in [0, 0.05) is 0 Å². The van der Waals surface area contributed by atoms with E-state index in [1.165, 1.54) is 0 Å². The van der Waals surface area contributed by atoms with E-state index in [9.17, 15) is 9.59 Å². The molecule has 1 aliphatic heterocycles. The fourth-order valence-corrected chi connectivity index (χ4v) is 4.18. The summed E-state index contributed by atoms with van der Waals surface area (Å²) in [5, 5.41) is -0.0320. The summed E-state index contributed by atoms with van der Waals surface area (Å²) >= 11 is 7.24. The highest BCUT2D eigenvalue weighted by Gasteiger charge is 2.35. The summed E-state index contributed by atoms with van der Waals surface area (Å²) in [5.41, 5.74) is 0.616. The molecule has 3 rings (SSSR count). The molecular formula is C24H24ClNO6S. The lowest BCUT2D eigenvalue weighted by Gasteiger charge is -2.15. The van der Waals surface area contributed by atoms with Gasteiger partial charge in [0.15, 0.2) is 23.0 Å². The number of imide groups is 1. The average molecular weight is 490 g/mol. The lowest BCUT2D eigenvalue weighted by atomic mass is 10.1. The van der Waals surface area contributed by atoms with Crippen molar-refractivity contribution in [3.63, 3.8) is 0 Å². The third-order valence-corrected chi connectivity index (χ3v) is 5.68. The Hall–Kier alpha value is -3.10. The van der Waals surface area contributed by atoms with Crippen molar-refractivity contribution in [3.05, 3.63) is 64.5 Å². The molecule has 0 N–H and O–H groups in total. The molecule has 1 aliphatic rings. The minimum atomic E-state index is -0.394. The van der Waals surface area contributed by atoms with Crippen molar-refractivity contribution in [2.75, 3.05) is 33.5 Å². The summed E-state index contributed by atoms with van der Waals surface area (Å²) in [6, 6.07) is 10.5. The van der Waals surface area contributed by atoms with Gasteiger partial charge in [0.1, 0.15) is 13.2 Å². The Labute approximate surface area is 201 Å². The number of hydrogen-bond acceptors (Lipinski definition) is 7. The van der Waals surface area contributed by atoms with Crippen molar-refractivity contribution >= 4 is 40.6 Å². The van der Waals surface area contributed by atoms with E-state index in [2.05, 4.69) is 6.58 Å². The van der Waals surface area contributed by atoms with E-state index in [-0.39, 0.29) is 29.9 Å². The number of benzene rings is 2. The van der Waals surface area contributed by atoms with Crippen LogP contribution in [0.5, 0.6) is 23.0 Å². The van der Waals surface area contributed by atoms with Crippen LogP contribution in [0.15, 0.2) is 54.0 Å². The highest BCUT2D eigenvalue weighted by atomic mass is 35.5. The minimum absolute atomic E-state index is 0.110. The zero-order chi connectivity index (χ0) is 23.8. The molecule has 7 nitrogen and oxygen atoms in total. The Bertz CT molecular complexity index is 1070. The van der Waals surface area contributed by atoms with Crippen LogP contribution in [0.3, 0.4) is 0 Å². The molecule has 9 heteroatoms. The standard InChI is InChI=1S/C24H24ClNO6S/c1-4-11-32-22-17(25)13-16(14-20(22)30-5-2)15-21-23(27)26(24(28)33-21)10-12-31-19-9-7-6-8-18(19)29-3/h4,6-9,13-15H,1,5,10-12H2,2-3H3/b21-15-. The molecule has 1 fully saturated rings. The van der Waals surface area contributed by atoms with Gasteiger partial charge in [-0.2, -0.15) is 0 Å². The highest BCUT2D eigenvalue weighted by Crippen LogP contribution is 2.39. The van der Waals surface area contributed by atoms with Gasteiger partial charge >= 0.3 is 0 Å². The van der Waals surface area contributed by atoms with Gasteiger partial charge < -0.3 is 18.9 Å². The van der Waals surface area contributed by atoms with Crippen LogP contribution >= 0.6 is 23.4 Å². The topological polar surface area (TPSA) is 74.3 Å². The summed E-state index contributed by atoms with van der Waals surface area (Å²) in [5.74, 6) is 1.57. The summed E-state index contributed by atoms with van der Waals surface area (Å²) in [4.78, 5) is 26.7. The predicted molar refractivity (Wildman–Crippen MR) is 129 cm³/mol. The molecule has 33 heavy (non-hydrogen) atoms. The third kappa shape index (κ3) is 6.03. The maximum atomic E-state index is 12.8. The number of carbonyl (C=O) groups is 2. The van der Waals surface area contributed by atoms with Crippen LogP contribution in [-0.2, 0) is 4.79 Å². The van der Waals surface area contributed by atoms with Crippen molar-refractivity contribution < 1.29 is 28.5 Å². The summed E-state index contributed by atoms with van der Waals surface area (Å²) in [6.45, 7) is 6.40. The fourth-order valence-electron chi connectivity index (χ4n) is 3.05. The molecule has 2 aromatic rings. The summed E-state index contributed by atoms with van der Waals surface area (Å²) < 4.78 is 22.2. The maximum absolute atomic E-state index is 12.8. The van der Waals surface area contributed by atoms with Gasteiger partial charge in [-0.15, -0.1) is 0 Å². The number of thioether (sulfide) groups is 1. The molecule has 1 heterocycles. The Morgan fingerprint density at radius 3 is 2.55 bits per heavy atom. The minimum Gasteiger partial charge on any atom is -0.493 e. The van der Waals surface area contributed by atoms with E-state index < -0.39 is 5.91 Å². The van der Waals surface area contributed by atoms with Gasteiger partial charge in [0.05, 0.1) is 30.2 Å². The maximum Gasteiger partial charge on any atom is 0.293 e. The molecule has 0 bridgehead atoms. The number of amides is 2. The predicted octanol–water partition coefficient (Wildman–Crippen LogP) is 5.43. The van der Waals surface area contributed by atoms with Gasteiger partial charge in [-0.25, -0.2) is 0 Å². The summed E-state index contributed by atoms with van der Waals surface area (Å²) in [7, 11) is 1.55. The van der Waals surface area contributed by atoms with Gasteiger partial charge in [-0.3, -0.25) is 14.5 Å². The van der Waals surface area contributed by atoms with Crippen molar-refractivity contribution in [1.29, 1.82) is 0 Å².